The molecule has 23 heavy (non-hydrogen) atoms. The van der Waals surface area contributed by atoms with Crippen molar-refractivity contribution >= 4 is 17.3 Å². The number of nitro benzene ring substituents is 1. The summed E-state index contributed by atoms with van der Waals surface area (Å²) >= 11 is 0. The van der Waals surface area contributed by atoms with Crippen molar-refractivity contribution in [3.8, 4) is 5.75 Å². The van der Waals surface area contributed by atoms with E-state index in [2.05, 4.69) is 0 Å². The minimum absolute atomic E-state index is 0.0544. The SMILES string of the molecule is Cc1cccc([C@H](C)N2C(=O)COc3cc([N+](=O)[O-])ccc32)c1. The van der Waals surface area contributed by atoms with Crippen molar-refractivity contribution in [3.63, 3.8) is 0 Å². The number of anilines is 1. The molecule has 0 bridgehead atoms. The van der Waals surface area contributed by atoms with Gasteiger partial charge in [-0.15, -0.1) is 0 Å². The second kappa shape index (κ2) is 5.72. The van der Waals surface area contributed by atoms with Crippen LogP contribution >= 0.6 is 0 Å². The lowest BCUT2D eigenvalue weighted by molar-refractivity contribution is -0.384. The molecule has 0 N–H and O–H groups in total. The van der Waals surface area contributed by atoms with Crippen molar-refractivity contribution < 1.29 is 14.5 Å². The predicted octanol–water partition coefficient (Wildman–Crippen LogP) is 3.39. The zero-order valence-electron chi connectivity index (χ0n) is 12.9. The highest BCUT2D eigenvalue weighted by Crippen LogP contribution is 2.39. The lowest BCUT2D eigenvalue weighted by Gasteiger charge is -2.34. The molecule has 0 saturated carbocycles. The number of fused-ring (bicyclic) bond motifs is 1. The van der Waals surface area contributed by atoms with Crippen molar-refractivity contribution in [1.82, 2.24) is 0 Å². The smallest absolute Gasteiger partial charge is 0.273 e. The molecule has 3 rings (SSSR count). The second-order valence-electron chi connectivity index (χ2n) is 5.55. The summed E-state index contributed by atoms with van der Waals surface area (Å²) < 4.78 is 5.37. The Hall–Kier alpha value is -2.89. The number of hydrogen-bond donors (Lipinski definition) is 0. The maximum absolute atomic E-state index is 12.3. The van der Waals surface area contributed by atoms with E-state index >= 15 is 0 Å². The topological polar surface area (TPSA) is 72.7 Å². The lowest BCUT2D eigenvalue weighted by atomic mass is 10.0. The van der Waals surface area contributed by atoms with Crippen LogP contribution in [0.25, 0.3) is 0 Å². The van der Waals surface area contributed by atoms with E-state index in [1.165, 1.54) is 12.1 Å². The normalized spacial score (nSPS) is 14.9. The number of hydrogen-bond acceptors (Lipinski definition) is 4. The highest BCUT2D eigenvalue weighted by atomic mass is 16.6. The number of amides is 1. The Morgan fingerprint density at radius 2 is 2.04 bits per heavy atom. The number of non-ortho nitro benzene ring substituents is 1. The molecule has 2 aromatic rings. The second-order valence-corrected chi connectivity index (χ2v) is 5.55. The van der Waals surface area contributed by atoms with Crippen molar-refractivity contribution in [3.05, 3.63) is 63.7 Å². The van der Waals surface area contributed by atoms with Gasteiger partial charge in [0.2, 0.25) is 0 Å². The molecule has 1 aliphatic heterocycles. The molecule has 6 heteroatoms. The average molecular weight is 312 g/mol. The summed E-state index contributed by atoms with van der Waals surface area (Å²) in [4.78, 5) is 24.4. The first-order valence-electron chi connectivity index (χ1n) is 7.27. The van der Waals surface area contributed by atoms with Gasteiger partial charge in [-0.3, -0.25) is 19.8 Å². The molecule has 1 amide bonds. The van der Waals surface area contributed by atoms with E-state index in [-0.39, 0.29) is 24.2 Å². The van der Waals surface area contributed by atoms with Gasteiger partial charge in [0.1, 0.15) is 0 Å². The van der Waals surface area contributed by atoms with Gasteiger partial charge in [0.05, 0.1) is 22.7 Å². The summed E-state index contributed by atoms with van der Waals surface area (Å²) in [6.07, 6.45) is 0. The van der Waals surface area contributed by atoms with E-state index in [0.717, 1.165) is 11.1 Å². The Morgan fingerprint density at radius 3 is 2.74 bits per heavy atom. The van der Waals surface area contributed by atoms with Gasteiger partial charge in [0.25, 0.3) is 11.6 Å². The Bertz CT molecular complexity index is 788. The van der Waals surface area contributed by atoms with Crippen molar-refractivity contribution in [2.24, 2.45) is 0 Å². The van der Waals surface area contributed by atoms with Crippen LogP contribution in [0, 0.1) is 17.0 Å². The molecule has 0 unspecified atom stereocenters. The van der Waals surface area contributed by atoms with Crippen LogP contribution in [-0.4, -0.2) is 17.4 Å². The molecule has 0 aliphatic carbocycles. The van der Waals surface area contributed by atoms with Gasteiger partial charge in [-0.2, -0.15) is 0 Å². The van der Waals surface area contributed by atoms with Gasteiger partial charge in [-0.05, 0) is 25.5 Å². The Kier molecular flexibility index (Phi) is 3.73. The van der Waals surface area contributed by atoms with Crippen LogP contribution in [0.1, 0.15) is 24.1 Å². The molecule has 1 aliphatic rings. The summed E-state index contributed by atoms with van der Waals surface area (Å²) in [7, 11) is 0. The van der Waals surface area contributed by atoms with E-state index in [9.17, 15) is 14.9 Å². The van der Waals surface area contributed by atoms with Gasteiger partial charge < -0.3 is 4.74 Å². The minimum Gasteiger partial charge on any atom is -0.481 e. The van der Waals surface area contributed by atoms with Crippen LogP contribution in [0.2, 0.25) is 0 Å². The third-order valence-corrected chi connectivity index (χ3v) is 3.95. The first kappa shape index (κ1) is 15.0. The molecule has 0 fully saturated rings. The fourth-order valence-electron chi connectivity index (χ4n) is 2.78. The fraction of sp³-hybridized carbons (Fsp3) is 0.235. The molecular formula is C17H16N2O4. The van der Waals surface area contributed by atoms with E-state index in [0.29, 0.717) is 11.4 Å². The first-order valence-corrected chi connectivity index (χ1v) is 7.27. The standard InChI is InChI=1S/C17H16N2O4/c1-11-4-3-5-13(8-11)12(2)18-15-7-6-14(19(21)22)9-16(15)23-10-17(18)20/h3-9,12H,10H2,1-2H3/t12-/m0/s1. The Labute approximate surface area is 133 Å². The monoisotopic (exact) mass is 312 g/mol. The molecule has 2 aromatic carbocycles. The lowest BCUT2D eigenvalue weighted by Crippen LogP contribution is -2.40. The molecule has 0 aromatic heterocycles. The highest BCUT2D eigenvalue weighted by molar-refractivity contribution is 5.98. The fourth-order valence-corrected chi connectivity index (χ4v) is 2.78. The molecule has 0 radical (unpaired) electrons. The van der Waals surface area contributed by atoms with Crippen LogP contribution in [0.4, 0.5) is 11.4 Å². The number of nitro groups is 1. The maximum Gasteiger partial charge on any atom is 0.273 e. The molecule has 1 atom stereocenters. The van der Waals surface area contributed by atoms with E-state index in [4.69, 9.17) is 4.74 Å². The number of carbonyl (C=O) groups is 1. The van der Waals surface area contributed by atoms with Crippen LogP contribution in [0.15, 0.2) is 42.5 Å². The van der Waals surface area contributed by atoms with Gasteiger partial charge in [0, 0.05) is 6.07 Å². The third-order valence-electron chi connectivity index (χ3n) is 3.95. The minimum atomic E-state index is -0.478. The summed E-state index contributed by atoms with van der Waals surface area (Å²) in [5, 5.41) is 10.9. The number of carbonyl (C=O) groups excluding carboxylic acids is 1. The van der Waals surface area contributed by atoms with Crippen LogP contribution in [0.5, 0.6) is 5.75 Å². The third kappa shape index (κ3) is 2.75. The summed E-state index contributed by atoms with van der Waals surface area (Å²) in [6.45, 7) is 3.81. The summed E-state index contributed by atoms with van der Waals surface area (Å²) in [5.41, 5.74) is 2.62. The molecule has 1 heterocycles. The van der Waals surface area contributed by atoms with Crippen molar-refractivity contribution in [2.75, 3.05) is 11.5 Å². The summed E-state index contributed by atoms with van der Waals surface area (Å²) in [6, 6.07) is 12.1. The number of nitrogens with zero attached hydrogens (tertiary/aromatic N) is 2. The first-order chi connectivity index (χ1) is 11.0. The summed E-state index contributed by atoms with van der Waals surface area (Å²) in [5.74, 6) is 0.193. The van der Waals surface area contributed by atoms with E-state index in [1.807, 2.05) is 38.1 Å². The van der Waals surface area contributed by atoms with Gasteiger partial charge >= 0.3 is 0 Å². The predicted molar refractivity (Wildman–Crippen MR) is 85.7 cm³/mol. The quantitative estimate of drug-likeness (QED) is 0.643. The van der Waals surface area contributed by atoms with Crippen LogP contribution in [0.3, 0.4) is 0 Å². The molecule has 118 valence electrons. The average Bonchev–Trinajstić information content (AvgIpc) is 2.53. The van der Waals surface area contributed by atoms with Gasteiger partial charge in [0.15, 0.2) is 12.4 Å². The van der Waals surface area contributed by atoms with Gasteiger partial charge in [-0.25, -0.2) is 0 Å². The van der Waals surface area contributed by atoms with Crippen molar-refractivity contribution in [2.45, 2.75) is 19.9 Å². The number of ether oxygens (including phenoxy) is 1. The Balaban J connectivity index is 2.03. The van der Waals surface area contributed by atoms with Crippen molar-refractivity contribution in [1.29, 1.82) is 0 Å². The zero-order chi connectivity index (χ0) is 16.6. The van der Waals surface area contributed by atoms with Gasteiger partial charge in [-0.1, -0.05) is 29.8 Å². The van der Waals surface area contributed by atoms with Crippen LogP contribution < -0.4 is 9.64 Å². The molecule has 0 spiro atoms. The number of aryl methyl sites for hydroxylation is 1. The largest absolute Gasteiger partial charge is 0.481 e. The van der Waals surface area contributed by atoms with Crippen LogP contribution in [-0.2, 0) is 4.79 Å². The van der Waals surface area contributed by atoms with E-state index in [1.54, 1.807) is 11.0 Å². The molecular weight excluding hydrogens is 296 g/mol. The number of benzene rings is 2. The van der Waals surface area contributed by atoms with E-state index < -0.39 is 4.92 Å². The molecule has 0 saturated heterocycles. The number of rotatable bonds is 3. The maximum atomic E-state index is 12.3. The molecule has 6 nitrogen and oxygen atoms in total. The zero-order valence-corrected chi connectivity index (χ0v) is 12.9. The Morgan fingerprint density at radius 1 is 1.26 bits per heavy atom. The highest BCUT2D eigenvalue weighted by Gasteiger charge is 2.31.